The molecule has 0 aromatic rings. The van der Waals surface area contributed by atoms with E-state index in [1.54, 1.807) is 7.11 Å². The van der Waals surface area contributed by atoms with Gasteiger partial charge in [-0.2, -0.15) is 5.26 Å². The number of nitrogens with one attached hydrogen (secondary N) is 2. The van der Waals surface area contributed by atoms with Crippen molar-refractivity contribution in [2.45, 2.75) is 26.3 Å². The Morgan fingerprint density at radius 2 is 2.31 bits per heavy atom. The molecule has 16 heavy (non-hydrogen) atoms. The lowest BCUT2D eigenvalue weighted by molar-refractivity contribution is -0.117. The molecule has 90 valence electrons. The molecular weight excluding hydrogens is 206 g/mol. The fraction of sp³-hybridized carbons (Fsp3) is 0.636. The molecule has 1 unspecified atom stereocenters. The number of nitrogens with zero attached hydrogens (tertiary/aromatic N) is 1. The SMILES string of the molecule is CCC(C)N/C=C(/C#N)C(=O)NCCOC. The van der Waals surface area contributed by atoms with Gasteiger partial charge in [-0.05, 0) is 13.3 Å². The van der Waals surface area contributed by atoms with Crippen LogP contribution in [0.3, 0.4) is 0 Å². The standard InChI is InChI=1S/C11H19N3O2/c1-4-9(2)14-8-10(7-12)11(15)13-5-6-16-3/h8-9,14H,4-6H2,1-3H3,(H,13,15)/b10-8-. The van der Waals surface area contributed by atoms with E-state index in [0.717, 1.165) is 6.42 Å². The van der Waals surface area contributed by atoms with Gasteiger partial charge in [0.1, 0.15) is 11.6 Å². The van der Waals surface area contributed by atoms with Crippen LogP contribution in [0.4, 0.5) is 0 Å². The number of amides is 1. The number of rotatable bonds is 7. The zero-order valence-electron chi connectivity index (χ0n) is 10.0. The summed E-state index contributed by atoms with van der Waals surface area (Å²) < 4.78 is 4.79. The second kappa shape index (κ2) is 8.74. The Kier molecular flexibility index (Phi) is 7.90. The van der Waals surface area contributed by atoms with E-state index in [9.17, 15) is 4.79 Å². The Morgan fingerprint density at radius 1 is 1.62 bits per heavy atom. The predicted molar refractivity (Wildman–Crippen MR) is 61.5 cm³/mol. The average Bonchev–Trinajstić information content (AvgIpc) is 2.29. The molecule has 0 rings (SSSR count). The van der Waals surface area contributed by atoms with Gasteiger partial charge in [0.2, 0.25) is 0 Å². The molecule has 1 amide bonds. The first-order chi connectivity index (χ1) is 7.65. The van der Waals surface area contributed by atoms with E-state index >= 15 is 0 Å². The lowest BCUT2D eigenvalue weighted by Crippen LogP contribution is -2.29. The molecule has 0 aliphatic heterocycles. The van der Waals surface area contributed by atoms with Crippen molar-refractivity contribution in [3.05, 3.63) is 11.8 Å². The van der Waals surface area contributed by atoms with Gasteiger partial charge in [0.15, 0.2) is 0 Å². The van der Waals surface area contributed by atoms with E-state index in [0.29, 0.717) is 13.2 Å². The van der Waals surface area contributed by atoms with E-state index in [2.05, 4.69) is 10.6 Å². The normalized spacial score (nSPS) is 12.8. The molecule has 0 saturated carbocycles. The number of hydrogen-bond donors (Lipinski definition) is 2. The third kappa shape index (κ3) is 6.04. The Labute approximate surface area is 96.5 Å². The molecule has 0 aliphatic rings. The van der Waals surface area contributed by atoms with Gasteiger partial charge >= 0.3 is 0 Å². The highest BCUT2D eigenvalue weighted by molar-refractivity contribution is 5.97. The van der Waals surface area contributed by atoms with Gasteiger partial charge in [-0.3, -0.25) is 4.79 Å². The Bertz CT molecular complexity index is 281. The van der Waals surface area contributed by atoms with Gasteiger partial charge in [0.25, 0.3) is 5.91 Å². The van der Waals surface area contributed by atoms with E-state index in [-0.39, 0.29) is 17.5 Å². The van der Waals surface area contributed by atoms with Crippen molar-refractivity contribution >= 4 is 5.91 Å². The third-order valence-electron chi connectivity index (χ3n) is 2.08. The maximum atomic E-state index is 11.5. The van der Waals surface area contributed by atoms with Crippen molar-refractivity contribution in [2.24, 2.45) is 0 Å². The van der Waals surface area contributed by atoms with E-state index < -0.39 is 0 Å². The first-order valence-corrected chi connectivity index (χ1v) is 5.29. The molecule has 0 spiro atoms. The van der Waals surface area contributed by atoms with Gasteiger partial charge in [0, 0.05) is 25.9 Å². The second-order valence-corrected chi connectivity index (χ2v) is 3.39. The number of carbonyl (C=O) groups excluding carboxylic acids is 1. The van der Waals surface area contributed by atoms with Crippen LogP contribution in [0.1, 0.15) is 20.3 Å². The van der Waals surface area contributed by atoms with Gasteiger partial charge in [-0.15, -0.1) is 0 Å². The van der Waals surface area contributed by atoms with Crippen LogP contribution >= 0.6 is 0 Å². The highest BCUT2D eigenvalue weighted by Gasteiger charge is 2.07. The van der Waals surface area contributed by atoms with Crippen LogP contribution in [0.2, 0.25) is 0 Å². The van der Waals surface area contributed by atoms with Gasteiger partial charge in [-0.1, -0.05) is 6.92 Å². The second-order valence-electron chi connectivity index (χ2n) is 3.39. The van der Waals surface area contributed by atoms with Gasteiger partial charge in [0.05, 0.1) is 6.61 Å². The largest absolute Gasteiger partial charge is 0.387 e. The van der Waals surface area contributed by atoms with Crippen LogP contribution in [-0.4, -0.2) is 32.2 Å². The Balaban J connectivity index is 4.16. The van der Waals surface area contributed by atoms with Crippen molar-refractivity contribution < 1.29 is 9.53 Å². The zero-order chi connectivity index (χ0) is 12.4. The van der Waals surface area contributed by atoms with Crippen LogP contribution < -0.4 is 10.6 Å². The summed E-state index contributed by atoms with van der Waals surface area (Å²) >= 11 is 0. The smallest absolute Gasteiger partial charge is 0.263 e. The molecule has 5 heteroatoms. The molecule has 2 N–H and O–H groups in total. The fourth-order valence-corrected chi connectivity index (χ4v) is 0.854. The van der Waals surface area contributed by atoms with Crippen molar-refractivity contribution in [2.75, 3.05) is 20.3 Å². The van der Waals surface area contributed by atoms with Gasteiger partial charge < -0.3 is 15.4 Å². The number of ether oxygens (including phenoxy) is 1. The lowest BCUT2D eigenvalue weighted by atomic mass is 10.2. The molecule has 0 bridgehead atoms. The maximum absolute atomic E-state index is 11.5. The summed E-state index contributed by atoms with van der Waals surface area (Å²) in [6, 6.07) is 2.10. The maximum Gasteiger partial charge on any atom is 0.263 e. The van der Waals surface area contributed by atoms with Crippen molar-refractivity contribution in [3.63, 3.8) is 0 Å². The highest BCUT2D eigenvalue weighted by Crippen LogP contribution is 1.93. The molecular formula is C11H19N3O2. The summed E-state index contributed by atoms with van der Waals surface area (Å²) in [5, 5.41) is 14.3. The third-order valence-corrected chi connectivity index (χ3v) is 2.08. The van der Waals surface area contributed by atoms with Crippen LogP contribution in [0, 0.1) is 11.3 Å². The summed E-state index contributed by atoms with van der Waals surface area (Å²) in [5.74, 6) is -0.379. The zero-order valence-corrected chi connectivity index (χ0v) is 10.0. The minimum Gasteiger partial charge on any atom is -0.387 e. The van der Waals surface area contributed by atoms with Crippen LogP contribution in [0.15, 0.2) is 11.8 Å². The minimum absolute atomic E-state index is 0.0800. The lowest BCUT2D eigenvalue weighted by Gasteiger charge is -2.09. The number of nitriles is 1. The molecule has 0 saturated heterocycles. The van der Waals surface area contributed by atoms with Crippen LogP contribution in [0.5, 0.6) is 0 Å². The average molecular weight is 225 g/mol. The summed E-state index contributed by atoms with van der Waals surface area (Å²) in [6.45, 7) is 4.84. The molecule has 0 aromatic carbocycles. The highest BCUT2D eigenvalue weighted by atomic mass is 16.5. The van der Waals surface area contributed by atoms with Gasteiger partial charge in [-0.25, -0.2) is 0 Å². The summed E-state index contributed by atoms with van der Waals surface area (Å²) in [7, 11) is 1.55. The quantitative estimate of drug-likeness (QED) is 0.377. The topological polar surface area (TPSA) is 74.2 Å². The van der Waals surface area contributed by atoms with Crippen LogP contribution in [0.25, 0.3) is 0 Å². The predicted octanol–water partition coefficient (Wildman–Crippen LogP) is 0.545. The molecule has 5 nitrogen and oxygen atoms in total. The first-order valence-electron chi connectivity index (χ1n) is 5.29. The molecule has 0 fully saturated rings. The van der Waals surface area contributed by atoms with E-state index in [4.69, 9.17) is 10.00 Å². The van der Waals surface area contributed by atoms with Crippen molar-refractivity contribution in [1.29, 1.82) is 5.26 Å². The summed E-state index contributed by atoms with van der Waals surface area (Å²) in [6.07, 6.45) is 2.39. The van der Waals surface area contributed by atoms with Crippen molar-refractivity contribution in [3.8, 4) is 6.07 Å². The van der Waals surface area contributed by atoms with E-state index in [1.807, 2.05) is 19.9 Å². The summed E-state index contributed by atoms with van der Waals surface area (Å²) in [5.41, 5.74) is 0.0800. The Hall–Kier alpha value is -1.54. The monoisotopic (exact) mass is 225 g/mol. The number of carbonyl (C=O) groups is 1. The minimum atomic E-state index is -0.379. The summed E-state index contributed by atoms with van der Waals surface area (Å²) in [4.78, 5) is 11.5. The van der Waals surface area contributed by atoms with E-state index in [1.165, 1.54) is 6.20 Å². The first kappa shape index (κ1) is 14.5. The van der Waals surface area contributed by atoms with Crippen molar-refractivity contribution in [1.82, 2.24) is 10.6 Å². The number of hydrogen-bond acceptors (Lipinski definition) is 4. The molecule has 0 heterocycles. The molecule has 1 atom stereocenters. The van der Waals surface area contributed by atoms with Crippen LogP contribution in [-0.2, 0) is 9.53 Å². The Morgan fingerprint density at radius 3 is 2.81 bits per heavy atom. The molecule has 0 aliphatic carbocycles. The molecule has 0 radical (unpaired) electrons. The number of methoxy groups -OCH3 is 1. The molecule has 0 aromatic heterocycles. The fourth-order valence-electron chi connectivity index (χ4n) is 0.854.